The van der Waals surface area contributed by atoms with Crippen LogP contribution >= 0.6 is 15.9 Å². The number of nitrogens with zero attached hydrogens (tertiary/aromatic N) is 2. The van der Waals surface area contributed by atoms with Crippen molar-refractivity contribution in [2.24, 2.45) is 0 Å². The van der Waals surface area contributed by atoms with Gasteiger partial charge in [0, 0.05) is 32.7 Å². The van der Waals surface area contributed by atoms with Crippen molar-refractivity contribution in [2.45, 2.75) is 0 Å². The number of carbonyl (C=O) groups excluding carboxylic acids is 1. The van der Waals surface area contributed by atoms with Crippen LogP contribution in [-0.4, -0.2) is 60.1 Å². The summed E-state index contributed by atoms with van der Waals surface area (Å²) in [6.07, 6.45) is 0. The van der Waals surface area contributed by atoms with Crippen LogP contribution in [0.1, 0.15) is 10.4 Å². The lowest BCUT2D eigenvalue weighted by Gasteiger charge is -2.34. The van der Waals surface area contributed by atoms with Gasteiger partial charge in [-0.25, -0.2) is 4.39 Å². The number of carbonyl (C=O) groups is 1. The van der Waals surface area contributed by atoms with E-state index in [0.29, 0.717) is 25.2 Å². The van der Waals surface area contributed by atoms with Crippen molar-refractivity contribution in [1.29, 1.82) is 0 Å². The van der Waals surface area contributed by atoms with Gasteiger partial charge < -0.3 is 10.0 Å². The molecule has 4 nitrogen and oxygen atoms in total. The van der Waals surface area contributed by atoms with Crippen molar-refractivity contribution in [1.82, 2.24) is 9.80 Å². The third-order valence-corrected chi connectivity index (χ3v) is 4.06. The van der Waals surface area contributed by atoms with Gasteiger partial charge in [0.1, 0.15) is 5.82 Å². The van der Waals surface area contributed by atoms with Gasteiger partial charge in [0.15, 0.2) is 0 Å². The van der Waals surface area contributed by atoms with E-state index in [2.05, 4.69) is 20.8 Å². The molecular formula is C13H16BrFN2O2. The smallest absolute Gasteiger partial charge is 0.255 e. The summed E-state index contributed by atoms with van der Waals surface area (Å²) in [7, 11) is 0. The van der Waals surface area contributed by atoms with E-state index in [-0.39, 0.29) is 17.0 Å². The molecule has 1 saturated heterocycles. The van der Waals surface area contributed by atoms with Crippen molar-refractivity contribution in [3.8, 4) is 0 Å². The summed E-state index contributed by atoms with van der Waals surface area (Å²) in [6.45, 7) is 3.43. The van der Waals surface area contributed by atoms with Gasteiger partial charge in [-0.1, -0.05) is 6.07 Å². The van der Waals surface area contributed by atoms with E-state index in [0.717, 1.165) is 13.1 Å². The Kier molecular flexibility index (Phi) is 4.90. The van der Waals surface area contributed by atoms with Gasteiger partial charge in [-0.15, -0.1) is 0 Å². The maximum absolute atomic E-state index is 13.4. The van der Waals surface area contributed by atoms with E-state index in [1.54, 1.807) is 11.0 Å². The Balaban J connectivity index is 2.03. The molecule has 1 N–H and O–H groups in total. The zero-order valence-electron chi connectivity index (χ0n) is 10.5. The fourth-order valence-electron chi connectivity index (χ4n) is 2.16. The molecule has 1 fully saturated rings. The number of hydrogen-bond donors (Lipinski definition) is 1. The number of aliphatic hydroxyl groups is 1. The highest BCUT2D eigenvalue weighted by Gasteiger charge is 2.23. The van der Waals surface area contributed by atoms with Gasteiger partial charge in [0.2, 0.25) is 0 Å². The van der Waals surface area contributed by atoms with Crippen molar-refractivity contribution in [2.75, 3.05) is 39.3 Å². The summed E-state index contributed by atoms with van der Waals surface area (Å²) < 4.78 is 13.6. The summed E-state index contributed by atoms with van der Waals surface area (Å²) in [5.41, 5.74) is 0.357. The Bertz CT molecular complexity index is 462. The summed E-state index contributed by atoms with van der Waals surface area (Å²) in [5, 5.41) is 8.87. The van der Waals surface area contributed by atoms with Crippen molar-refractivity contribution < 1.29 is 14.3 Å². The van der Waals surface area contributed by atoms with Crippen molar-refractivity contribution in [3.05, 3.63) is 34.1 Å². The third-order valence-electron chi connectivity index (χ3n) is 3.26. The van der Waals surface area contributed by atoms with Gasteiger partial charge in [-0.05, 0) is 28.1 Å². The largest absolute Gasteiger partial charge is 0.395 e. The molecular weight excluding hydrogens is 315 g/mol. The third kappa shape index (κ3) is 3.32. The zero-order valence-corrected chi connectivity index (χ0v) is 12.1. The van der Waals surface area contributed by atoms with Gasteiger partial charge in [0.05, 0.1) is 16.6 Å². The van der Waals surface area contributed by atoms with Crippen LogP contribution in [0.3, 0.4) is 0 Å². The molecule has 1 heterocycles. The Morgan fingerprint density at radius 2 is 2.00 bits per heavy atom. The molecule has 1 aromatic carbocycles. The number of halogens is 2. The lowest BCUT2D eigenvalue weighted by Crippen LogP contribution is -2.49. The number of rotatable bonds is 3. The van der Waals surface area contributed by atoms with Crippen LogP contribution in [0.2, 0.25) is 0 Å². The average molecular weight is 331 g/mol. The highest BCUT2D eigenvalue weighted by atomic mass is 79.9. The van der Waals surface area contributed by atoms with E-state index in [9.17, 15) is 9.18 Å². The van der Waals surface area contributed by atoms with Gasteiger partial charge >= 0.3 is 0 Å². The first-order valence-corrected chi connectivity index (χ1v) is 6.99. The highest BCUT2D eigenvalue weighted by molar-refractivity contribution is 9.10. The summed E-state index contributed by atoms with van der Waals surface area (Å²) >= 11 is 3.12. The van der Waals surface area contributed by atoms with Crippen LogP contribution < -0.4 is 0 Å². The molecule has 6 heteroatoms. The van der Waals surface area contributed by atoms with E-state index < -0.39 is 5.82 Å². The number of piperazine rings is 1. The predicted molar refractivity (Wildman–Crippen MR) is 73.5 cm³/mol. The Hall–Kier alpha value is -0.980. The molecule has 19 heavy (non-hydrogen) atoms. The first-order valence-electron chi connectivity index (χ1n) is 6.20. The molecule has 1 aromatic rings. The molecule has 1 amide bonds. The summed E-state index contributed by atoms with van der Waals surface area (Å²) in [4.78, 5) is 16.1. The molecule has 1 aliphatic rings. The number of hydrogen-bond acceptors (Lipinski definition) is 3. The SMILES string of the molecule is O=C(c1cccc(F)c1Br)N1CCN(CCO)CC1. The van der Waals surface area contributed by atoms with E-state index >= 15 is 0 Å². The number of β-amino-alcohol motifs (C(OH)–C–C–N with tert-alkyl or cyclic N) is 1. The Labute approximate surface area is 119 Å². The van der Waals surface area contributed by atoms with Gasteiger partial charge in [-0.2, -0.15) is 0 Å². The van der Waals surface area contributed by atoms with Crippen molar-refractivity contribution in [3.63, 3.8) is 0 Å². The standard InChI is InChI=1S/C13H16BrFN2O2/c14-12-10(2-1-3-11(12)15)13(19)17-6-4-16(5-7-17)8-9-18/h1-3,18H,4-9H2. The molecule has 0 aromatic heterocycles. The maximum atomic E-state index is 13.4. The molecule has 0 bridgehead atoms. The second-order valence-electron chi connectivity index (χ2n) is 4.46. The highest BCUT2D eigenvalue weighted by Crippen LogP contribution is 2.22. The summed E-state index contributed by atoms with van der Waals surface area (Å²) in [5.74, 6) is -0.584. The van der Waals surface area contributed by atoms with Crippen molar-refractivity contribution >= 4 is 21.8 Å². The van der Waals surface area contributed by atoms with E-state index in [1.165, 1.54) is 12.1 Å². The molecule has 0 unspecified atom stereocenters. The quantitative estimate of drug-likeness (QED) is 0.909. The van der Waals surface area contributed by atoms with Crippen LogP contribution in [0.4, 0.5) is 4.39 Å². The second-order valence-corrected chi connectivity index (χ2v) is 5.25. The topological polar surface area (TPSA) is 43.8 Å². The molecule has 0 radical (unpaired) electrons. The molecule has 2 rings (SSSR count). The Morgan fingerprint density at radius 3 is 2.63 bits per heavy atom. The van der Waals surface area contributed by atoms with E-state index in [1.807, 2.05) is 0 Å². The van der Waals surface area contributed by atoms with Gasteiger partial charge in [0.25, 0.3) is 5.91 Å². The minimum absolute atomic E-state index is 0.128. The van der Waals surface area contributed by atoms with Crippen LogP contribution in [-0.2, 0) is 0 Å². The number of benzene rings is 1. The molecule has 0 spiro atoms. The minimum Gasteiger partial charge on any atom is -0.395 e. The molecule has 1 aliphatic heterocycles. The maximum Gasteiger partial charge on any atom is 0.255 e. The molecule has 104 valence electrons. The molecule has 0 atom stereocenters. The average Bonchev–Trinajstić information content (AvgIpc) is 2.42. The lowest BCUT2D eigenvalue weighted by molar-refractivity contribution is 0.0613. The molecule has 0 saturated carbocycles. The first kappa shape index (κ1) is 14.4. The normalized spacial score (nSPS) is 16.7. The minimum atomic E-state index is -0.426. The number of amides is 1. The number of aliphatic hydroxyl groups excluding tert-OH is 1. The van der Waals surface area contributed by atoms with Gasteiger partial charge in [-0.3, -0.25) is 9.69 Å². The van der Waals surface area contributed by atoms with E-state index in [4.69, 9.17) is 5.11 Å². The van der Waals surface area contributed by atoms with Crippen LogP contribution in [0.5, 0.6) is 0 Å². The zero-order chi connectivity index (χ0) is 13.8. The summed E-state index contributed by atoms with van der Waals surface area (Å²) in [6, 6.07) is 4.48. The Morgan fingerprint density at radius 1 is 1.32 bits per heavy atom. The van der Waals surface area contributed by atoms with Crippen LogP contribution in [0, 0.1) is 5.82 Å². The monoisotopic (exact) mass is 330 g/mol. The predicted octanol–water partition coefficient (Wildman–Crippen LogP) is 1.34. The second kappa shape index (κ2) is 6.45. The lowest BCUT2D eigenvalue weighted by atomic mass is 10.1. The van der Waals surface area contributed by atoms with Crippen LogP contribution in [0.25, 0.3) is 0 Å². The van der Waals surface area contributed by atoms with Crippen LogP contribution in [0.15, 0.2) is 22.7 Å². The molecule has 0 aliphatic carbocycles. The fraction of sp³-hybridized carbons (Fsp3) is 0.462. The fourth-order valence-corrected chi connectivity index (χ4v) is 2.59. The first-order chi connectivity index (χ1) is 9.13.